The number of para-hydroxylation sites is 1. The zero-order valence-corrected chi connectivity index (χ0v) is 14.7. The van der Waals surface area contributed by atoms with Gasteiger partial charge in [-0.2, -0.15) is 0 Å². The number of carbonyl (C=O) groups excluding carboxylic acids is 1. The third-order valence-corrected chi connectivity index (χ3v) is 4.70. The Kier molecular flexibility index (Phi) is 4.39. The lowest BCUT2D eigenvalue weighted by molar-refractivity contribution is -0.129. The summed E-state index contributed by atoms with van der Waals surface area (Å²) in [6.07, 6.45) is 1.83. The number of nitrogens with zero attached hydrogens (tertiary/aromatic N) is 4. The number of aromatic nitrogens is 2. The van der Waals surface area contributed by atoms with E-state index in [0.29, 0.717) is 5.95 Å². The molecule has 132 valence electrons. The van der Waals surface area contributed by atoms with E-state index in [0.717, 1.165) is 48.5 Å². The highest BCUT2D eigenvalue weighted by molar-refractivity contribution is 5.79. The van der Waals surface area contributed by atoms with Crippen LogP contribution in [0.25, 0.3) is 10.9 Å². The van der Waals surface area contributed by atoms with Gasteiger partial charge in [0.15, 0.2) is 0 Å². The van der Waals surface area contributed by atoms with Crippen molar-refractivity contribution in [3.8, 4) is 0 Å². The highest BCUT2D eigenvalue weighted by atomic mass is 16.2. The predicted octanol–water partition coefficient (Wildman–Crippen LogP) is 3.04. The Morgan fingerprint density at radius 1 is 1.00 bits per heavy atom. The molecule has 6 nitrogen and oxygen atoms in total. The van der Waals surface area contributed by atoms with Gasteiger partial charge in [0.1, 0.15) is 0 Å². The van der Waals surface area contributed by atoms with Gasteiger partial charge >= 0.3 is 0 Å². The molecule has 4 rings (SSSR count). The first-order valence-corrected chi connectivity index (χ1v) is 8.78. The number of nitrogens with one attached hydrogen (secondary N) is 1. The van der Waals surface area contributed by atoms with Crippen LogP contribution in [0.2, 0.25) is 0 Å². The number of hydrogen-bond donors (Lipinski definition) is 1. The van der Waals surface area contributed by atoms with Crippen LogP contribution in [0.1, 0.15) is 6.92 Å². The second-order valence-electron chi connectivity index (χ2n) is 6.42. The number of benzene rings is 2. The Balaban J connectivity index is 1.43. The van der Waals surface area contributed by atoms with Crippen LogP contribution < -0.4 is 10.2 Å². The molecule has 6 heteroatoms. The summed E-state index contributed by atoms with van der Waals surface area (Å²) in [6, 6.07) is 16.2. The summed E-state index contributed by atoms with van der Waals surface area (Å²) < 4.78 is 0. The van der Waals surface area contributed by atoms with E-state index in [4.69, 9.17) is 0 Å². The standard InChI is InChI=1S/C20H21N5O/c1-15(26)24-10-12-25(13-11-24)18-8-6-17(7-9-18)22-20-21-14-16-4-2-3-5-19(16)23-20/h2-9,14H,10-13H2,1H3,(H,21,22,23). The molecule has 1 aliphatic heterocycles. The molecule has 1 aliphatic rings. The highest BCUT2D eigenvalue weighted by Gasteiger charge is 2.18. The predicted molar refractivity (Wildman–Crippen MR) is 104 cm³/mol. The monoisotopic (exact) mass is 347 g/mol. The largest absolute Gasteiger partial charge is 0.368 e. The van der Waals surface area contributed by atoms with Crippen molar-refractivity contribution in [1.29, 1.82) is 0 Å². The summed E-state index contributed by atoms with van der Waals surface area (Å²) in [5, 5.41) is 4.28. The van der Waals surface area contributed by atoms with Gasteiger partial charge < -0.3 is 15.1 Å². The van der Waals surface area contributed by atoms with Gasteiger partial charge in [-0.3, -0.25) is 4.79 Å². The Hall–Kier alpha value is -3.15. The molecular weight excluding hydrogens is 326 g/mol. The Morgan fingerprint density at radius 2 is 1.73 bits per heavy atom. The molecular formula is C20H21N5O. The number of piperazine rings is 1. The maximum Gasteiger partial charge on any atom is 0.227 e. The van der Waals surface area contributed by atoms with Crippen molar-refractivity contribution < 1.29 is 4.79 Å². The first-order valence-electron chi connectivity index (χ1n) is 8.78. The third-order valence-electron chi connectivity index (χ3n) is 4.70. The van der Waals surface area contributed by atoms with Crippen molar-refractivity contribution in [2.24, 2.45) is 0 Å². The second kappa shape index (κ2) is 7.00. The van der Waals surface area contributed by atoms with E-state index in [1.807, 2.05) is 47.5 Å². The molecule has 1 saturated heterocycles. The highest BCUT2D eigenvalue weighted by Crippen LogP contribution is 2.22. The lowest BCUT2D eigenvalue weighted by atomic mass is 10.2. The molecule has 0 atom stereocenters. The summed E-state index contributed by atoms with van der Waals surface area (Å²) in [6.45, 7) is 4.91. The maximum absolute atomic E-state index is 11.4. The van der Waals surface area contributed by atoms with Crippen LogP contribution in [-0.2, 0) is 4.79 Å². The van der Waals surface area contributed by atoms with E-state index in [1.165, 1.54) is 0 Å². The molecule has 0 aliphatic carbocycles. The smallest absolute Gasteiger partial charge is 0.227 e. The molecule has 0 spiro atoms. The van der Waals surface area contributed by atoms with Crippen LogP contribution in [0.3, 0.4) is 0 Å². The van der Waals surface area contributed by atoms with Crippen molar-refractivity contribution in [2.75, 3.05) is 36.4 Å². The molecule has 0 saturated carbocycles. The first kappa shape index (κ1) is 16.3. The van der Waals surface area contributed by atoms with Crippen LogP contribution in [0, 0.1) is 0 Å². The Labute approximate surface area is 152 Å². The normalized spacial score (nSPS) is 14.5. The van der Waals surface area contributed by atoms with Crippen molar-refractivity contribution in [3.05, 3.63) is 54.7 Å². The average Bonchev–Trinajstić information content (AvgIpc) is 2.68. The number of fused-ring (bicyclic) bond motifs is 1. The number of anilines is 3. The molecule has 1 N–H and O–H groups in total. The minimum Gasteiger partial charge on any atom is -0.368 e. The molecule has 0 radical (unpaired) electrons. The van der Waals surface area contributed by atoms with Crippen LogP contribution in [0.15, 0.2) is 54.7 Å². The van der Waals surface area contributed by atoms with E-state index in [2.05, 4.69) is 32.3 Å². The van der Waals surface area contributed by atoms with Gasteiger partial charge in [0, 0.05) is 56.1 Å². The van der Waals surface area contributed by atoms with Gasteiger partial charge in [0.05, 0.1) is 5.52 Å². The first-order chi connectivity index (χ1) is 12.7. The third kappa shape index (κ3) is 3.44. The van der Waals surface area contributed by atoms with Crippen molar-refractivity contribution in [3.63, 3.8) is 0 Å². The van der Waals surface area contributed by atoms with E-state index in [-0.39, 0.29) is 5.91 Å². The SMILES string of the molecule is CC(=O)N1CCN(c2ccc(Nc3ncc4ccccc4n3)cc2)CC1. The molecule has 3 aromatic rings. The van der Waals surface area contributed by atoms with Gasteiger partial charge in [-0.25, -0.2) is 9.97 Å². The van der Waals surface area contributed by atoms with Gasteiger partial charge in [-0.15, -0.1) is 0 Å². The molecule has 1 amide bonds. The second-order valence-corrected chi connectivity index (χ2v) is 6.42. The fourth-order valence-electron chi connectivity index (χ4n) is 3.20. The average molecular weight is 347 g/mol. The van der Waals surface area contributed by atoms with Crippen molar-refractivity contribution in [1.82, 2.24) is 14.9 Å². The number of amides is 1. The quantitative estimate of drug-likeness (QED) is 0.789. The minimum absolute atomic E-state index is 0.152. The minimum atomic E-state index is 0.152. The topological polar surface area (TPSA) is 61.4 Å². The van der Waals surface area contributed by atoms with Gasteiger partial charge in [-0.05, 0) is 30.3 Å². The summed E-state index contributed by atoms with van der Waals surface area (Å²) >= 11 is 0. The van der Waals surface area contributed by atoms with E-state index in [9.17, 15) is 4.79 Å². The van der Waals surface area contributed by atoms with Crippen molar-refractivity contribution >= 4 is 34.1 Å². The lowest BCUT2D eigenvalue weighted by Crippen LogP contribution is -2.48. The maximum atomic E-state index is 11.4. The molecule has 2 heterocycles. The molecule has 0 bridgehead atoms. The summed E-state index contributed by atoms with van der Waals surface area (Å²) in [4.78, 5) is 24.5. The number of carbonyl (C=O) groups is 1. The number of rotatable bonds is 3. The van der Waals surface area contributed by atoms with E-state index in [1.54, 1.807) is 6.92 Å². The van der Waals surface area contributed by atoms with Crippen LogP contribution in [0.5, 0.6) is 0 Å². The number of hydrogen-bond acceptors (Lipinski definition) is 5. The summed E-state index contributed by atoms with van der Waals surface area (Å²) in [5.41, 5.74) is 3.04. The molecule has 0 unspecified atom stereocenters. The van der Waals surface area contributed by atoms with Gasteiger partial charge in [0.25, 0.3) is 0 Å². The zero-order chi connectivity index (χ0) is 17.9. The molecule has 1 fully saturated rings. The van der Waals surface area contributed by atoms with Crippen LogP contribution in [-0.4, -0.2) is 47.0 Å². The zero-order valence-electron chi connectivity index (χ0n) is 14.7. The van der Waals surface area contributed by atoms with Crippen LogP contribution >= 0.6 is 0 Å². The summed E-state index contributed by atoms with van der Waals surface area (Å²) in [5.74, 6) is 0.742. The van der Waals surface area contributed by atoms with Crippen molar-refractivity contribution in [2.45, 2.75) is 6.92 Å². The molecule has 1 aromatic heterocycles. The molecule has 26 heavy (non-hydrogen) atoms. The van der Waals surface area contributed by atoms with E-state index < -0.39 is 0 Å². The molecule has 2 aromatic carbocycles. The van der Waals surface area contributed by atoms with Gasteiger partial charge in [0.2, 0.25) is 11.9 Å². The fraction of sp³-hybridized carbons (Fsp3) is 0.250. The van der Waals surface area contributed by atoms with E-state index >= 15 is 0 Å². The summed E-state index contributed by atoms with van der Waals surface area (Å²) in [7, 11) is 0. The Bertz CT molecular complexity index is 917. The van der Waals surface area contributed by atoms with Crippen LogP contribution in [0.4, 0.5) is 17.3 Å². The van der Waals surface area contributed by atoms with Gasteiger partial charge in [-0.1, -0.05) is 18.2 Å². The Morgan fingerprint density at radius 3 is 2.46 bits per heavy atom. The lowest BCUT2D eigenvalue weighted by Gasteiger charge is -2.35. The fourth-order valence-corrected chi connectivity index (χ4v) is 3.20.